The van der Waals surface area contributed by atoms with Gasteiger partial charge in [0.05, 0.1) is 0 Å². The Morgan fingerprint density at radius 3 is 2.54 bits per heavy atom. The van der Waals surface area contributed by atoms with Crippen LogP contribution in [0.3, 0.4) is 0 Å². The fourth-order valence-electron chi connectivity index (χ4n) is 3.34. The molecule has 1 amide bonds. The SMILES string of the molecule is CC1(C)C[S@](=O)CCN1S(=O)(=O)c1c[nH]c(C(=O)N2CCCC2)c1. The van der Waals surface area contributed by atoms with Crippen molar-refractivity contribution in [2.45, 2.75) is 37.1 Å². The molecule has 2 aliphatic heterocycles. The number of carbonyl (C=O) groups excluding carboxylic acids is 1. The predicted molar refractivity (Wildman–Crippen MR) is 91.8 cm³/mol. The van der Waals surface area contributed by atoms with E-state index in [-0.39, 0.29) is 17.3 Å². The van der Waals surface area contributed by atoms with Crippen molar-refractivity contribution in [3.63, 3.8) is 0 Å². The minimum Gasteiger partial charge on any atom is -0.356 e. The van der Waals surface area contributed by atoms with Crippen LogP contribution in [0.15, 0.2) is 17.2 Å². The fraction of sp³-hybridized carbons (Fsp3) is 0.667. The van der Waals surface area contributed by atoms with Gasteiger partial charge in [-0.2, -0.15) is 4.31 Å². The van der Waals surface area contributed by atoms with Gasteiger partial charge in [0.25, 0.3) is 5.91 Å². The summed E-state index contributed by atoms with van der Waals surface area (Å²) < 4.78 is 39.1. The van der Waals surface area contributed by atoms with E-state index in [4.69, 9.17) is 0 Å². The van der Waals surface area contributed by atoms with Gasteiger partial charge < -0.3 is 9.88 Å². The van der Waals surface area contributed by atoms with Crippen LogP contribution in [0.25, 0.3) is 0 Å². The topological polar surface area (TPSA) is 90.5 Å². The van der Waals surface area contributed by atoms with Crippen LogP contribution < -0.4 is 0 Å². The molecule has 0 bridgehead atoms. The first kappa shape index (κ1) is 17.6. The lowest BCUT2D eigenvalue weighted by Crippen LogP contribution is -2.56. The van der Waals surface area contributed by atoms with Crippen molar-refractivity contribution in [1.29, 1.82) is 0 Å². The van der Waals surface area contributed by atoms with Gasteiger partial charge in [-0.3, -0.25) is 9.00 Å². The molecule has 0 radical (unpaired) electrons. The number of amides is 1. The minimum atomic E-state index is -3.73. The van der Waals surface area contributed by atoms with Crippen molar-refractivity contribution in [2.24, 2.45) is 0 Å². The fourth-order valence-corrected chi connectivity index (χ4v) is 6.78. The van der Waals surface area contributed by atoms with E-state index in [0.717, 1.165) is 12.8 Å². The standard InChI is InChI=1S/C15H23N3O4S2/c1-15(2)11-23(20)8-7-18(15)24(21,22)12-9-13(16-10-12)14(19)17-5-3-4-6-17/h9-10,16H,3-8,11H2,1-2H3/t23-/m1/s1. The smallest absolute Gasteiger partial charge is 0.270 e. The van der Waals surface area contributed by atoms with Crippen LogP contribution in [0.4, 0.5) is 0 Å². The third-order valence-electron chi connectivity index (χ3n) is 4.58. The predicted octanol–water partition coefficient (Wildman–Crippen LogP) is 0.782. The van der Waals surface area contributed by atoms with E-state index >= 15 is 0 Å². The summed E-state index contributed by atoms with van der Waals surface area (Å²) in [4.78, 5) is 17.0. The van der Waals surface area contributed by atoms with Crippen LogP contribution in [0, 0.1) is 0 Å². The molecule has 134 valence electrons. The van der Waals surface area contributed by atoms with Crippen molar-refractivity contribution in [3.8, 4) is 0 Å². The molecule has 1 aromatic rings. The zero-order valence-corrected chi connectivity index (χ0v) is 15.6. The average molecular weight is 374 g/mol. The van der Waals surface area contributed by atoms with Gasteiger partial charge in [0.2, 0.25) is 10.0 Å². The van der Waals surface area contributed by atoms with E-state index in [1.165, 1.54) is 16.6 Å². The highest BCUT2D eigenvalue weighted by atomic mass is 32.2. The molecule has 1 N–H and O–H groups in total. The summed E-state index contributed by atoms with van der Waals surface area (Å²) in [7, 11) is -4.73. The molecule has 3 rings (SSSR count). The molecular weight excluding hydrogens is 350 g/mol. The highest BCUT2D eigenvalue weighted by Crippen LogP contribution is 2.29. The van der Waals surface area contributed by atoms with Crippen molar-refractivity contribution in [2.75, 3.05) is 31.1 Å². The van der Waals surface area contributed by atoms with E-state index in [0.29, 0.717) is 30.3 Å². The van der Waals surface area contributed by atoms with E-state index in [2.05, 4.69) is 4.98 Å². The summed E-state index contributed by atoms with van der Waals surface area (Å²) in [5.41, 5.74) is -0.410. The lowest BCUT2D eigenvalue weighted by atomic mass is 10.1. The maximum Gasteiger partial charge on any atom is 0.270 e. The van der Waals surface area contributed by atoms with Crippen molar-refractivity contribution < 1.29 is 17.4 Å². The number of carbonyl (C=O) groups is 1. The third kappa shape index (κ3) is 3.16. The van der Waals surface area contributed by atoms with E-state index < -0.39 is 26.4 Å². The summed E-state index contributed by atoms with van der Waals surface area (Å²) in [6.45, 7) is 5.22. The lowest BCUT2D eigenvalue weighted by Gasteiger charge is -2.40. The Hall–Kier alpha value is -1.19. The Labute approximate surface area is 144 Å². The summed E-state index contributed by atoms with van der Waals surface area (Å²) >= 11 is 0. The highest BCUT2D eigenvalue weighted by Gasteiger charge is 2.42. The third-order valence-corrected chi connectivity index (χ3v) is 8.33. The van der Waals surface area contributed by atoms with Crippen molar-refractivity contribution >= 4 is 26.7 Å². The number of aromatic amines is 1. The van der Waals surface area contributed by atoms with Crippen LogP contribution in [0.1, 0.15) is 37.2 Å². The Morgan fingerprint density at radius 1 is 1.25 bits per heavy atom. The first-order valence-electron chi connectivity index (χ1n) is 8.07. The molecule has 2 aliphatic rings. The van der Waals surface area contributed by atoms with E-state index in [1.807, 2.05) is 0 Å². The van der Waals surface area contributed by atoms with Crippen LogP contribution >= 0.6 is 0 Å². The Bertz CT molecular complexity index is 763. The Kier molecular flexibility index (Phi) is 4.61. The summed E-state index contributed by atoms with van der Waals surface area (Å²) in [6.07, 6.45) is 3.34. The molecular formula is C15H23N3O4S2. The van der Waals surface area contributed by atoms with Gasteiger partial charge in [-0.15, -0.1) is 0 Å². The molecule has 3 heterocycles. The normalized spacial score (nSPS) is 25.1. The number of sulfonamides is 1. The lowest BCUT2D eigenvalue weighted by molar-refractivity contribution is 0.0787. The van der Waals surface area contributed by atoms with Gasteiger partial charge in [0, 0.05) is 53.7 Å². The molecule has 1 aromatic heterocycles. The summed E-state index contributed by atoms with van der Waals surface area (Å²) in [5, 5.41) is 0. The number of nitrogens with one attached hydrogen (secondary N) is 1. The van der Waals surface area contributed by atoms with Crippen molar-refractivity contribution in [3.05, 3.63) is 18.0 Å². The second kappa shape index (κ2) is 6.27. The molecule has 0 aliphatic carbocycles. The monoisotopic (exact) mass is 373 g/mol. The number of rotatable bonds is 3. The maximum atomic E-state index is 12.9. The zero-order chi connectivity index (χ0) is 17.5. The molecule has 0 spiro atoms. The van der Waals surface area contributed by atoms with Gasteiger partial charge in [0.1, 0.15) is 10.6 Å². The summed E-state index contributed by atoms with van der Waals surface area (Å²) in [6, 6.07) is 1.41. The van der Waals surface area contributed by atoms with Crippen molar-refractivity contribution in [1.82, 2.24) is 14.2 Å². The maximum absolute atomic E-state index is 12.9. The second-order valence-corrected chi connectivity index (χ2v) is 10.4. The van der Waals surface area contributed by atoms with Gasteiger partial charge >= 0.3 is 0 Å². The Balaban J connectivity index is 1.85. The van der Waals surface area contributed by atoms with E-state index in [9.17, 15) is 17.4 Å². The largest absolute Gasteiger partial charge is 0.356 e. The second-order valence-electron chi connectivity index (χ2n) is 6.93. The first-order valence-corrected chi connectivity index (χ1v) is 11.0. The number of aromatic nitrogens is 1. The molecule has 2 saturated heterocycles. The van der Waals surface area contributed by atoms with Crippen LogP contribution in [-0.4, -0.2) is 69.4 Å². The van der Waals surface area contributed by atoms with Gasteiger partial charge in [0.15, 0.2) is 0 Å². The first-order chi connectivity index (χ1) is 11.2. The van der Waals surface area contributed by atoms with Gasteiger partial charge in [-0.25, -0.2) is 8.42 Å². The number of nitrogens with zero attached hydrogens (tertiary/aromatic N) is 2. The highest BCUT2D eigenvalue weighted by molar-refractivity contribution is 7.89. The minimum absolute atomic E-state index is 0.0887. The number of H-pyrrole nitrogens is 1. The summed E-state index contributed by atoms with van der Waals surface area (Å²) in [5.74, 6) is 0.496. The van der Waals surface area contributed by atoms with Crippen LogP contribution in [0.5, 0.6) is 0 Å². The molecule has 0 aromatic carbocycles. The van der Waals surface area contributed by atoms with Gasteiger partial charge in [-0.05, 0) is 32.8 Å². The average Bonchev–Trinajstić information content (AvgIpc) is 3.17. The molecule has 7 nitrogen and oxygen atoms in total. The van der Waals surface area contributed by atoms with Crippen LogP contribution in [0.2, 0.25) is 0 Å². The number of hydrogen-bond donors (Lipinski definition) is 1. The number of likely N-dealkylation sites (tertiary alicyclic amines) is 1. The number of hydrogen-bond acceptors (Lipinski definition) is 4. The Morgan fingerprint density at radius 2 is 1.92 bits per heavy atom. The molecule has 1 atom stereocenters. The molecule has 2 fully saturated rings. The van der Waals surface area contributed by atoms with Gasteiger partial charge in [-0.1, -0.05) is 0 Å². The zero-order valence-electron chi connectivity index (χ0n) is 13.9. The molecule has 0 saturated carbocycles. The van der Waals surface area contributed by atoms with E-state index in [1.54, 1.807) is 18.7 Å². The molecule has 24 heavy (non-hydrogen) atoms. The van der Waals surface area contributed by atoms with Crippen LogP contribution in [-0.2, 0) is 20.8 Å². The molecule has 0 unspecified atom stereocenters. The molecule has 9 heteroatoms. The quantitative estimate of drug-likeness (QED) is 0.848.